The van der Waals surface area contributed by atoms with E-state index in [0.717, 1.165) is 5.56 Å². The minimum absolute atomic E-state index is 0.0469. The standard InChI is InChI=1S/C19H16FN3O3/c1-25-16-4-2-3-12(9-16)19-21-18(22-26-19)13-10-17(24)23(11-13)15-7-5-14(20)6-8-15/h2-9,13H,10-11H2,1H3/t13-/m0/s1. The van der Waals surface area contributed by atoms with Crippen LogP contribution in [0.3, 0.4) is 0 Å². The highest BCUT2D eigenvalue weighted by Crippen LogP contribution is 2.32. The number of nitrogens with zero attached hydrogens (tertiary/aromatic N) is 3. The molecule has 1 fully saturated rings. The van der Waals surface area contributed by atoms with Crippen molar-refractivity contribution in [1.82, 2.24) is 10.1 Å². The van der Waals surface area contributed by atoms with Crippen molar-refractivity contribution >= 4 is 11.6 Å². The Hall–Kier alpha value is -3.22. The Balaban J connectivity index is 1.54. The van der Waals surface area contributed by atoms with E-state index in [1.54, 1.807) is 24.1 Å². The van der Waals surface area contributed by atoms with E-state index in [9.17, 15) is 9.18 Å². The maximum atomic E-state index is 13.1. The van der Waals surface area contributed by atoms with Crippen LogP contribution in [0.1, 0.15) is 18.2 Å². The lowest BCUT2D eigenvalue weighted by Gasteiger charge is -2.15. The van der Waals surface area contributed by atoms with Gasteiger partial charge in [-0.3, -0.25) is 4.79 Å². The molecule has 0 bridgehead atoms. The molecule has 7 heteroatoms. The summed E-state index contributed by atoms with van der Waals surface area (Å²) < 4.78 is 23.6. The fraction of sp³-hybridized carbons (Fsp3) is 0.211. The molecule has 1 amide bonds. The molecule has 0 aliphatic carbocycles. The maximum absolute atomic E-state index is 13.1. The average molecular weight is 353 g/mol. The van der Waals surface area contributed by atoms with Crippen molar-refractivity contribution in [2.75, 3.05) is 18.6 Å². The van der Waals surface area contributed by atoms with E-state index in [2.05, 4.69) is 10.1 Å². The van der Waals surface area contributed by atoms with E-state index in [1.165, 1.54) is 12.1 Å². The van der Waals surface area contributed by atoms with Gasteiger partial charge >= 0.3 is 0 Å². The summed E-state index contributed by atoms with van der Waals surface area (Å²) in [6.45, 7) is 0.432. The minimum Gasteiger partial charge on any atom is -0.497 e. The number of anilines is 1. The number of carbonyl (C=O) groups is 1. The molecule has 1 atom stereocenters. The fourth-order valence-electron chi connectivity index (χ4n) is 3.03. The molecule has 0 radical (unpaired) electrons. The number of amides is 1. The van der Waals surface area contributed by atoms with Crippen molar-refractivity contribution in [3.05, 3.63) is 60.2 Å². The molecule has 3 aromatic rings. The van der Waals surface area contributed by atoms with Crippen LogP contribution in [0.2, 0.25) is 0 Å². The van der Waals surface area contributed by atoms with Crippen molar-refractivity contribution in [3.63, 3.8) is 0 Å². The predicted molar refractivity (Wildman–Crippen MR) is 92.4 cm³/mol. The first-order valence-corrected chi connectivity index (χ1v) is 8.18. The van der Waals surface area contributed by atoms with E-state index in [4.69, 9.17) is 9.26 Å². The van der Waals surface area contributed by atoms with Crippen molar-refractivity contribution in [3.8, 4) is 17.2 Å². The summed E-state index contributed by atoms with van der Waals surface area (Å²) in [7, 11) is 1.59. The normalized spacial score (nSPS) is 16.9. The van der Waals surface area contributed by atoms with Crippen LogP contribution in [-0.2, 0) is 4.79 Å². The van der Waals surface area contributed by atoms with Crippen molar-refractivity contribution in [1.29, 1.82) is 0 Å². The molecule has 2 heterocycles. The number of hydrogen-bond acceptors (Lipinski definition) is 5. The second kappa shape index (κ2) is 6.59. The molecule has 132 valence electrons. The summed E-state index contributed by atoms with van der Waals surface area (Å²) in [5.41, 5.74) is 1.42. The smallest absolute Gasteiger partial charge is 0.258 e. The monoisotopic (exact) mass is 353 g/mol. The zero-order valence-electron chi connectivity index (χ0n) is 14.1. The van der Waals surface area contributed by atoms with E-state index < -0.39 is 0 Å². The summed E-state index contributed by atoms with van der Waals surface area (Å²) in [5.74, 6) is 1.01. The molecule has 1 aromatic heterocycles. The molecular weight excluding hydrogens is 337 g/mol. The van der Waals surface area contributed by atoms with Crippen molar-refractivity contribution < 1.29 is 18.4 Å². The van der Waals surface area contributed by atoms with Crippen LogP contribution in [0.15, 0.2) is 53.1 Å². The molecule has 0 spiro atoms. The predicted octanol–water partition coefficient (Wildman–Crippen LogP) is 3.40. The first-order chi connectivity index (χ1) is 12.6. The van der Waals surface area contributed by atoms with Gasteiger partial charge in [-0.05, 0) is 42.5 Å². The molecule has 2 aromatic carbocycles. The van der Waals surface area contributed by atoms with Crippen LogP contribution in [0.25, 0.3) is 11.5 Å². The third-order valence-electron chi connectivity index (χ3n) is 4.39. The highest BCUT2D eigenvalue weighted by atomic mass is 19.1. The van der Waals surface area contributed by atoms with Gasteiger partial charge in [0.1, 0.15) is 11.6 Å². The Bertz CT molecular complexity index is 939. The van der Waals surface area contributed by atoms with Gasteiger partial charge in [0.25, 0.3) is 5.89 Å². The minimum atomic E-state index is -0.335. The second-order valence-electron chi connectivity index (χ2n) is 6.07. The number of halogens is 1. The third-order valence-corrected chi connectivity index (χ3v) is 4.39. The Morgan fingerprint density at radius 3 is 2.81 bits per heavy atom. The fourth-order valence-corrected chi connectivity index (χ4v) is 3.03. The second-order valence-corrected chi connectivity index (χ2v) is 6.07. The summed E-state index contributed by atoms with van der Waals surface area (Å²) in [5, 5.41) is 4.04. The molecule has 0 saturated carbocycles. The van der Waals surface area contributed by atoms with Gasteiger partial charge in [-0.1, -0.05) is 11.2 Å². The first kappa shape index (κ1) is 16.3. The van der Waals surface area contributed by atoms with Gasteiger partial charge in [0, 0.05) is 30.1 Å². The SMILES string of the molecule is COc1cccc(-c2nc([C@H]3CC(=O)N(c4ccc(F)cc4)C3)no2)c1. The van der Waals surface area contributed by atoms with E-state index >= 15 is 0 Å². The topological polar surface area (TPSA) is 68.5 Å². The van der Waals surface area contributed by atoms with Crippen LogP contribution >= 0.6 is 0 Å². The summed E-state index contributed by atoms with van der Waals surface area (Å²) in [6.07, 6.45) is 0.286. The van der Waals surface area contributed by atoms with Gasteiger partial charge in [0.2, 0.25) is 5.91 Å². The number of benzene rings is 2. The Morgan fingerprint density at radius 1 is 1.23 bits per heavy atom. The number of rotatable bonds is 4. The van der Waals surface area contributed by atoms with E-state index in [0.29, 0.717) is 29.7 Å². The molecule has 26 heavy (non-hydrogen) atoms. The van der Waals surface area contributed by atoms with Gasteiger partial charge in [-0.15, -0.1) is 0 Å². The van der Waals surface area contributed by atoms with Gasteiger partial charge < -0.3 is 14.2 Å². The van der Waals surface area contributed by atoms with Crippen molar-refractivity contribution in [2.45, 2.75) is 12.3 Å². The number of methoxy groups -OCH3 is 1. The van der Waals surface area contributed by atoms with Crippen LogP contribution in [0, 0.1) is 5.82 Å². The zero-order chi connectivity index (χ0) is 18.1. The lowest BCUT2D eigenvalue weighted by molar-refractivity contribution is -0.117. The molecule has 6 nitrogen and oxygen atoms in total. The molecule has 4 rings (SSSR count). The van der Waals surface area contributed by atoms with E-state index in [1.807, 2.05) is 24.3 Å². The summed E-state index contributed by atoms with van der Waals surface area (Å²) in [6, 6.07) is 13.2. The van der Waals surface area contributed by atoms with Crippen molar-refractivity contribution in [2.24, 2.45) is 0 Å². The third kappa shape index (κ3) is 3.03. The van der Waals surface area contributed by atoms with Crippen LogP contribution < -0.4 is 9.64 Å². The molecular formula is C19H16FN3O3. The number of ether oxygens (including phenoxy) is 1. The highest BCUT2D eigenvalue weighted by Gasteiger charge is 2.34. The lowest BCUT2D eigenvalue weighted by Crippen LogP contribution is -2.24. The quantitative estimate of drug-likeness (QED) is 0.719. The van der Waals surface area contributed by atoms with Gasteiger partial charge in [-0.25, -0.2) is 4.39 Å². The molecule has 1 aliphatic heterocycles. The van der Waals surface area contributed by atoms with Crippen LogP contribution in [-0.4, -0.2) is 29.7 Å². The summed E-state index contributed by atoms with van der Waals surface area (Å²) in [4.78, 5) is 18.4. The Labute approximate surface area is 149 Å². The molecule has 0 N–H and O–H groups in total. The molecule has 1 saturated heterocycles. The van der Waals surface area contributed by atoms with Crippen LogP contribution in [0.5, 0.6) is 5.75 Å². The van der Waals surface area contributed by atoms with E-state index in [-0.39, 0.29) is 24.1 Å². The average Bonchev–Trinajstić information content (AvgIpc) is 3.29. The lowest BCUT2D eigenvalue weighted by atomic mass is 10.1. The van der Waals surface area contributed by atoms with Crippen LogP contribution in [0.4, 0.5) is 10.1 Å². The first-order valence-electron chi connectivity index (χ1n) is 8.18. The maximum Gasteiger partial charge on any atom is 0.258 e. The van der Waals surface area contributed by atoms with Gasteiger partial charge in [0.15, 0.2) is 5.82 Å². The summed E-state index contributed by atoms with van der Waals surface area (Å²) >= 11 is 0. The Morgan fingerprint density at radius 2 is 2.04 bits per heavy atom. The Kier molecular flexibility index (Phi) is 4.12. The zero-order valence-corrected chi connectivity index (χ0v) is 14.1. The number of aromatic nitrogens is 2. The van der Waals surface area contributed by atoms with Gasteiger partial charge in [-0.2, -0.15) is 4.98 Å². The highest BCUT2D eigenvalue weighted by molar-refractivity contribution is 5.96. The molecule has 0 unspecified atom stereocenters. The largest absolute Gasteiger partial charge is 0.497 e. The number of hydrogen-bond donors (Lipinski definition) is 0. The van der Waals surface area contributed by atoms with Gasteiger partial charge in [0.05, 0.1) is 7.11 Å². The molecule has 1 aliphatic rings. The number of carbonyl (C=O) groups excluding carboxylic acids is 1.